The van der Waals surface area contributed by atoms with Gasteiger partial charge >= 0.3 is 0 Å². The van der Waals surface area contributed by atoms with Gasteiger partial charge in [0.1, 0.15) is 5.69 Å². The molecule has 0 aliphatic rings. The van der Waals surface area contributed by atoms with Gasteiger partial charge in [0.05, 0.1) is 5.02 Å². The lowest BCUT2D eigenvalue weighted by molar-refractivity contribution is 0.0991. The van der Waals surface area contributed by atoms with Crippen LogP contribution in [0.5, 0.6) is 0 Å². The fourth-order valence-electron chi connectivity index (χ4n) is 0.776. The van der Waals surface area contributed by atoms with Crippen LogP contribution in [0.25, 0.3) is 0 Å². The summed E-state index contributed by atoms with van der Waals surface area (Å²) in [5.41, 5.74) is 0.430. The van der Waals surface area contributed by atoms with Crippen LogP contribution in [-0.2, 0) is 0 Å². The Morgan fingerprint density at radius 3 is 2.92 bits per heavy atom. The molecule has 12 heavy (non-hydrogen) atoms. The number of halogens is 1. The number of pyridine rings is 1. The molecular weight excluding hydrogens is 174 g/mol. The normalized spacial score (nSPS) is 9.42. The Kier molecular flexibility index (Phi) is 3.00. The van der Waals surface area contributed by atoms with Gasteiger partial charge in [0, 0.05) is 12.6 Å². The van der Waals surface area contributed by atoms with E-state index in [9.17, 15) is 4.79 Å². The summed E-state index contributed by atoms with van der Waals surface area (Å²) < 4.78 is 0. The highest BCUT2D eigenvalue weighted by atomic mass is 35.5. The Balaban J connectivity index is 2.82. The highest BCUT2D eigenvalue weighted by molar-refractivity contribution is 6.30. The zero-order chi connectivity index (χ0) is 8.97. The van der Waals surface area contributed by atoms with Crippen molar-refractivity contribution < 1.29 is 4.79 Å². The highest BCUT2D eigenvalue weighted by Crippen LogP contribution is 2.07. The van der Waals surface area contributed by atoms with Gasteiger partial charge in [0.15, 0.2) is 5.78 Å². The van der Waals surface area contributed by atoms with Crippen LogP contribution in [0.15, 0.2) is 31.0 Å². The average molecular weight is 182 g/mol. The van der Waals surface area contributed by atoms with Crippen molar-refractivity contribution in [2.45, 2.75) is 6.42 Å². The predicted octanol–water partition coefficient (Wildman–Crippen LogP) is 2.49. The number of nitrogens with zero attached hydrogens (tertiary/aromatic N) is 1. The van der Waals surface area contributed by atoms with Crippen molar-refractivity contribution in [2.75, 3.05) is 0 Å². The molecule has 0 N–H and O–H groups in total. The van der Waals surface area contributed by atoms with E-state index in [-0.39, 0.29) is 5.78 Å². The quantitative estimate of drug-likeness (QED) is 0.530. The number of carbonyl (C=O) groups is 1. The molecule has 0 amide bonds. The third-order valence-corrected chi connectivity index (χ3v) is 1.57. The molecule has 1 aromatic rings. The van der Waals surface area contributed by atoms with Crippen LogP contribution in [0.4, 0.5) is 0 Å². The Hall–Kier alpha value is -1.15. The van der Waals surface area contributed by atoms with Crippen LogP contribution in [0.1, 0.15) is 16.9 Å². The second-order valence-electron chi connectivity index (χ2n) is 2.28. The molecule has 0 spiro atoms. The van der Waals surface area contributed by atoms with Crippen molar-refractivity contribution >= 4 is 17.4 Å². The molecule has 0 aliphatic heterocycles. The van der Waals surface area contributed by atoms with Crippen molar-refractivity contribution in [3.05, 3.63) is 41.7 Å². The topological polar surface area (TPSA) is 30.0 Å². The minimum Gasteiger partial charge on any atom is -0.292 e. The Morgan fingerprint density at radius 1 is 1.67 bits per heavy atom. The molecule has 0 atom stereocenters. The number of aromatic nitrogens is 1. The summed E-state index contributed by atoms with van der Waals surface area (Å²) in [5, 5.41) is 0.533. The molecule has 1 heterocycles. The summed E-state index contributed by atoms with van der Waals surface area (Å²) in [7, 11) is 0. The molecule has 3 heteroatoms. The molecule has 62 valence electrons. The second kappa shape index (κ2) is 4.02. The third kappa shape index (κ3) is 2.17. The van der Waals surface area contributed by atoms with Gasteiger partial charge in [-0.25, -0.2) is 0 Å². The van der Waals surface area contributed by atoms with E-state index in [0.717, 1.165) is 0 Å². The van der Waals surface area contributed by atoms with Gasteiger partial charge in [-0.3, -0.25) is 9.78 Å². The molecule has 0 bridgehead atoms. The van der Waals surface area contributed by atoms with Gasteiger partial charge in [-0.15, -0.1) is 6.58 Å². The van der Waals surface area contributed by atoms with Gasteiger partial charge in [-0.2, -0.15) is 0 Å². The molecular formula is C9H8ClNO. The summed E-state index contributed by atoms with van der Waals surface area (Å²) in [4.78, 5) is 15.0. The molecule has 1 rings (SSSR count). The van der Waals surface area contributed by atoms with Gasteiger partial charge in [0.2, 0.25) is 0 Å². The molecule has 0 saturated carbocycles. The van der Waals surface area contributed by atoms with E-state index in [1.807, 2.05) is 0 Å². The van der Waals surface area contributed by atoms with Gasteiger partial charge < -0.3 is 0 Å². The molecule has 0 fully saturated rings. The lowest BCUT2D eigenvalue weighted by Crippen LogP contribution is -1.99. The summed E-state index contributed by atoms with van der Waals surface area (Å²) >= 11 is 5.60. The van der Waals surface area contributed by atoms with E-state index in [1.165, 1.54) is 6.20 Å². The maximum Gasteiger partial charge on any atom is 0.184 e. The van der Waals surface area contributed by atoms with E-state index in [4.69, 9.17) is 11.6 Å². The number of rotatable bonds is 3. The number of hydrogen-bond donors (Lipinski definition) is 0. The largest absolute Gasteiger partial charge is 0.292 e. The van der Waals surface area contributed by atoms with Crippen LogP contribution in [0.3, 0.4) is 0 Å². The third-order valence-electron chi connectivity index (χ3n) is 1.34. The predicted molar refractivity (Wildman–Crippen MR) is 48.4 cm³/mol. The van der Waals surface area contributed by atoms with Crippen molar-refractivity contribution in [3.8, 4) is 0 Å². The monoisotopic (exact) mass is 181 g/mol. The first kappa shape index (κ1) is 8.94. The first-order valence-electron chi connectivity index (χ1n) is 3.49. The molecule has 0 aliphatic carbocycles. The number of allylic oxidation sites excluding steroid dienone is 1. The van der Waals surface area contributed by atoms with E-state index < -0.39 is 0 Å². The molecule has 0 radical (unpaired) electrons. The molecule has 1 aromatic heterocycles. The zero-order valence-electron chi connectivity index (χ0n) is 6.46. The van der Waals surface area contributed by atoms with Crippen LogP contribution >= 0.6 is 11.6 Å². The minimum atomic E-state index is -0.0401. The minimum absolute atomic E-state index is 0.0401. The molecule has 2 nitrogen and oxygen atoms in total. The summed E-state index contributed by atoms with van der Waals surface area (Å²) in [6.07, 6.45) is 3.32. The second-order valence-corrected chi connectivity index (χ2v) is 2.71. The van der Waals surface area contributed by atoms with Crippen LogP contribution in [0, 0.1) is 0 Å². The zero-order valence-corrected chi connectivity index (χ0v) is 7.21. The van der Waals surface area contributed by atoms with Crippen molar-refractivity contribution in [3.63, 3.8) is 0 Å². The first-order chi connectivity index (χ1) is 5.74. The molecule has 0 saturated heterocycles. The lowest BCUT2D eigenvalue weighted by Gasteiger charge is -1.95. The number of Topliss-reactive ketones (excluding diaryl/α,β-unsaturated/α-hetero) is 1. The first-order valence-corrected chi connectivity index (χ1v) is 3.87. The van der Waals surface area contributed by atoms with Gasteiger partial charge in [-0.1, -0.05) is 17.7 Å². The Morgan fingerprint density at radius 2 is 2.42 bits per heavy atom. The SMILES string of the molecule is C=CCC(=O)c1ccc(Cl)cn1. The standard InChI is InChI=1S/C9H8ClNO/c1-2-3-9(12)8-5-4-7(10)6-11-8/h2,4-6H,1,3H2. The molecule has 0 unspecified atom stereocenters. The lowest BCUT2D eigenvalue weighted by atomic mass is 10.2. The van der Waals surface area contributed by atoms with Crippen LogP contribution in [-0.4, -0.2) is 10.8 Å². The maximum atomic E-state index is 11.2. The summed E-state index contributed by atoms with van der Waals surface area (Å²) in [5.74, 6) is -0.0401. The Labute approximate surface area is 75.9 Å². The fraction of sp³-hybridized carbons (Fsp3) is 0.111. The van der Waals surface area contributed by atoms with Crippen molar-refractivity contribution in [1.82, 2.24) is 4.98 Å². The summed E-state index contributed by atoms with van der Waals surface area (Å²) in [6.45, 7) is 3.47. The van der Waals surface area contributed by atoms with E-state index in [0.29, 0.717) is 17.1 Å². The van der Waals surface area contributed by atoms with Crippen LogP contribution < -0.4 is 0 Å². The van der Waals surface area contributed by atoms with E-state index >= 15 is 0 Å². The van der Waals surface area contributed by atoms with Crippen molar-refractivity contribution in [2.24, 2.45) is 0 Å². The molecule has 0 aromatic carbocycles. The van der Waals surface area contributed by atoms with E-state index in [1.54, 1.807) is 18.2 Å². The smallest absolute Gasteiger partial charge is 0.184 e. The summed E-state index contributed by atoms with van der Waals surface area (Å²) in [6, 6.07) is 3.25. The maximum absolute atomic E-state index is 11.2. The van der Waals surface area contributed by atoms with Gasteiger partial charge in [0.25, 0.3) is 0 Å². The average Bonchev–Trinajstić information content (AvgIpc) is 2.06. The fourth-order valence-corrected chi connectivity index (χ4v) is 0.888. The number of carbonyl (C=O) groups excluding carboxylic acids is 1. The number of hydrogen-bond acceptors (Lipinski definition) is 2. The van der Waals surface area contributed by atoms with Crippen molar-refractivity contribution in [1.29, 1.82) is 0 Å². The highest BCUT2D eigenvalue weighted by Gasteiger charge is 2.03. The Bertz CT molecular complexity index is 292. The van der Waals surface area contributed by atoms with Gasteiger partial charge in [-0.05, 0) is 12.1 Å². The van der Waals surface area contributed by atoms with E-state index in [2.05, 4.69) is 11.6 Å². The number of ketones is 1. The van der Waals surface area contributed by atoms with Crippen LogP contribution in [0.2, 0.25) is 5.02 Å².